The average molecular weight is 264 g/mol. The Kier molecular flexibility index (Phi) is 3.89. The molecule has 19 heavy (non-hydrogen) atoms. The molecule has 0 saturated heterocycles. The molecular weight excluding hydrogens is 250 g/mol. The van der Waals surface area contributed by atoms with Crippen LogP contribution in [-0.2, 0) is 6.42 Å². The molecule has 6 heteroatoms. The van der Waals surface area contributed by atoms with Gasteiger partial charge in [-0.1, -0.05) is 13.3 Å². The van der Waals surface area contributed by atoms with Gasteiger partial charge in [0.1, 0.15) is 29.6 Å². The van der Waals surface area contributed by atoms with Gasteiger partial charge in [0.15, 0.2) is 0 Å². The summed E-state index contributed by atoms with van der Waals surface area (Å²) in [6.45, 7) is 1.99. The van der Waals surface area contributed by atoms with Gasteiger partial charge < -0.3 is 11.1 Å². The van der Waals surface area contributed by atoms with Crippen molar-refractivity contribution in [1.82, 2.24) is 9.97 Å². The lowest BCUT2D eigenvalue weighted by Crippen LogP contribution is -2.06. The fourth-order valence-electron chi connectivity index (χ4n) is 1.75. The number of rotatable bonds is 4. The Hall–Kier alpha value is -2.24. The average Bonchev–Trinajstić information content (AvgIpc) is 2.38. The Morgan fingerprint density at radius 2 is 2.05 bits per heavy atom. The molecule has 1 aromatic heterocycles. The van der Waals surface area contributed by atoms with Crippen LogP contribution in [0.25, 0.3) is 0 Å². The summed E-state index contributed by atoms with van der Waals surface area (Å²) in [5.74, 6) is -0.334. The number of hydrogen-bond acceptors (Lipinski definition) is 4. The van der Waals surface area contributed by atoms with Crippen molar-refractivity contribution in [2.75, 3.05) is 11.1 Å². The van der Waals surface area contributed by atoms with Gasteiger partial charge in [0, 0.05) is 11.6 Å². The minimum atomic E-state index is -0.555. The number of nitrogen functional groups attached to an aromatic ring is 1. The summed E-state index contributed by atoms with van der Waals surface area (Å²) in [7, 11) is 0. The quantitative estimate of drug-likeness (QED) is 0.891. The molecule has 0 radical (unpaired) electrons. The zero-order valence-corrected chi connectivity index (χ0v) is 10.5. The molecule has 100 valence electrons. The molecule has 2 aromatic rings. The number of nitrogens with zero attached hydrogens (tertiary/aromatic N) is 2. The Morgan fingerprint density at radius 1 is 1.26 bits per heavy atom. The molecule has 1 aromatic carbocycles. The van der Waals surface area contributed by atoms with Gasteiger partial charge in [-0.3, -0.25) is 0 Å². The smallest absolute Gasteiger partial charge is 0.146 e. The molecule has 0 aliphatic heterocycles. The highest BCUT2D eigenvalue weighted by Crippen LogP contribution is 2.25. The van der Waals surface area contributed by atoms with Crippen LogP contribution in [0.1, 0.15) is 18.9 Å². The number of aromatic nitrogens is 2. The predicted molar refractivity (Wildman–Crippen MR) is 70.1 cm³/mol. The van der Waals surface area contributed by atoms with Gasteiger partial charge in [-0.15, -0.1) is 0 Å². The van der Waals surface area contributed by atoms with Crippen molar-refractivity contribution >= 4 is 17.3 Å². The Bertz CT molecular complexity index is 587. The molecule has 0 amide bonds. The van der Waals surface area contributed by atoms with Gasteiger partial charge in [0.2, 0.25) is 0 Å². The third kappa shape index (κ3) is 2.96. The summed E-state index contributed by atoms with van der Waals surface area (Å²) in [4.78, 5) is 7.93. The topological polar surface area (TPSA) is 63.8 Å². The first-order chi connectivity index (χ1) is 9.11. The number of nitrogens with one attached hydrogen (secondary N) is 1. The van der Waals surface area contributed by atoms with Crippen molar-refractivity contribution in [3.05, 3.63) is 41.7 Å². The second kappa shape index (κ2) is 5.60. The highest BCUT2D eigenvalue weighted by atomic mass is 19.1. The maximum atomic E-state index is 13.6. The van der Waals surface area contributed by atoms with E-state index in [-0.39, 0.29) is 5.69 Å². The van der Waals surface area contributed by atoms with E-state index in [4.69, 9.17) is 5.73 Å². The predicted octanol–water partition coefficient (Wildman–Crippen LogP) is 3.03. The van der Waals surface area contributed by atoms with Crippen LogP contribution in [0.4, 0.5) is 26.1 Å². The van der Waals surface area contributed by atoms with Gasteiger partial charge in [-0.25, -0.2) is 18.7 Å². The van der Waals surface area contributed by atoms with E-state index in [0.29, 0.717) is 23.6 Å². The van der Waals surface area contributed by atoms with Crippen molar-refractivity contribution in [2.45, 2.75) is 19.8 Å². The highest BCUT2D eigenvalue weighted by molar-refractivity contribution is 5.64. The van der Waals surface area contributed by atoms with E-state index < -0.39 is 11.6 Å². The molecule has 0 atom stereocenters. The van der Waals surface area contributed by atoms with Gasteiger partial charge in [0.05, 0.1) is 5.69 Å². The molecule has 0 aliphatic carbocycles. The van der Waals surface area contributed by atoms with Crippen molar-refractivity contribution in [1.29, 1.82) is 0 Å². The molecule has 0 saturated carbocycles. The van der Waals surface area contributed by atoms with Crippen LogP contribution in [0.2, 0.25) is 0 Å². The van der Waals surface area contributed by atoms with E-state index >= 15 is 0 Å². The van der Waals surface area contributed by atoms with Crippen LogP contribution in [0, 0.1) is 11.6 Å². The van der Waals surface area contributed by atoms with Gasteiger partial charge in [-0.2, -0.15) is 0 Å². The molecule has 3 N–H and O–H groups in total. The normalized spacial score (nSPS) is 10.5. The summed E-state index contributed by atoms with van der Waals surface area (Å²) in [6, 6.07) is 3.19. The molecule has 1 heterocycles. The summed E-state index contributed by atoms with van der Waals surface area (Å²) < 4.78 is 26.7. The molecular formula is C13H14F2N4. The summed E-state index contributed by atoms with van der Waals surface area (Å²) in [5.41, 5.74) is 6.50. The second-order valence-electron chi connectivity index (χ2n) is 4.09. The van der Waals surface area contributed by atoms with Crippen LogP contribution in [-0.4, -0.2) is 9.97 Å². The maximum absolute atomic E-state index is 13.6. The number of benzene rings is 1. The summed E-state index contributed by atoms with van der Waals surface area (Å²) >= 11 is 0. The van der Waals surface area contributed by atoms with E-state index in [0.717, 1.165) is 24.6 Å². The fourth-order valence-corrected chi connectivity index (χ4v) is 1.75. The van der Waals surface area contributed by atoms with Crippen LogP contribution >= 0.6 is 0 Å². The number of halogens is 2. The maximum Gasteiger partial charge on any atom is 0.146 e. The van der Waals surface area contributed by atoms with Crippen molar-refractivity contribution in [2.24, 2.45) is 0 Å². The van der Waals surface area contributed by atoms with Gasteiger partial charge in [0.25, 0.3) is 0 Å². The molecule has 0 spiro atoms. The van der Waals surface area contributed by atoms with Crippen LogP contribution in [0.5, 0.6) is 0 Å². The van der Waals surface area contributed by atoms with Crippen LogP contribution in [0.3, 0.4) is 0 Å². The first-order valence-electron chi connectivity index (χ1n) is 5.93. The van der Waals surface area contributed by atoms with E-state index in [1.165, 1.54) is 6.33 Å². The molecule has 0 fully saturated rings. The minimum Gasteiger partial charge on any atom is -0.383 e. The van der Waals surface area contributed by atoms with E-state index in [1.54, 1.807) is 0 Å². The number of nitrogens with two attached hydrogens (primary N) is 1. The SMILES string of the molecule is CCCc1c(N)ncnc1Nc1cc(F)ccc1F. The van der Waals surface area contributed by atoms with E-state index in [2.05, 4.69) is 15.3 Å². The largest absolute Gasteiger partial charge is 0.383 e. The molecule has 0 unspecified atom stereocenters. The second-order valence-corrected chi connectivity index (χ2v) is 4.09. The Morgan fingerprint density at radius 3 is 2.79 bits per heavy atom. The highest BCUT2D eigenvalue weighted by Gasteiger charge is 2.11. The van der Waals surface area contributed by atoms with Crippen molar-refractivity contribution in [3.63, 3.8) is 0 Å². The zero-order chi connectivity index (χ0) is 13.8. The number of anilines is 3. The summed E-state index contributed by atoms with van der Waals surface area (Å²) in [5, 5.41) is 2.76. The van der Waals surface area contributed by atoms with E-state index in [9.17, 15) is 8.78 Å². The fraction of sp³-hybridized carbons (Fsp3) is 0.231. The van der Waals surface area contributed by atoms with Gasteiger partial charge >= 0.3 is 0 Å². The third-order valence-electron chi connectivity index (χ3n) is 2.66. The molecule has 2 rings (SSSR count). The van der Waals surface area contributed by atoms with Crippen molar-refractivity contribution < 1.29 is 8.78 Å². The first-order valence-corrected chi connectivity index (χ1v) is 5.93. The molecule has 0 bridgehead atoms. The lowest BCUT2D eigenvalue weighted by Gasteiger charge is -2.12. The minimum absolute atomic E-state index is 0.0236. The lowest BCUT2D eigenvalue weighted by atomic mass is 10.1. The standard InChI is InChI=1S/C13H14F2N4/c1-2-3-9-12(16)17-7-18-13(9)19-11-6-8(14)4-5-10(11)15/h4-7H,2-3H2,1H3,(H3,16,17,18,19). The zero-order valence-electron chi connectivity index (χ0n) is 10.5. The molecule has 4 nitrogen and oxygen atoms in total. The Balaban J connectivity index is 2.37. The monoisotopic (exact) mass is 264 g/mol. The van der Waals surface area contributed by atoms with Crippen LogP contribution in [0.15, 0.2) is 24.5 Å². The van der Waals surface area contributed by atoms with Gasteiger partial charge in [-0.05, 0) is 18.6 Å². The Labute approximate surface area is 109 Å². The summed E-state index contributed by atoms with van der Waals surface area (Å²) in [6.07, 6.45) is 2.79. The first kappa shape index (κ1) is 13.2. The number of hydrogen-bond donors (Lipinski definition) is 2. The van der Waals surface area contributed by atoms with E-state index in [1.807, 2.05) is 6.92 Å². The molecule has 0 aliphatic rings. The third-order valence-corrected chi connectivity index (χ3v) is 2.66. The van der Waals surface area contributed by atoms with Crippen molar-refractivity contribution in [3.8, 4) is 0 Å². The van der Waals surface area contributed by atoms with Crippen LogP contribution < -0.4 is 11.1 Å². The lowest BCUT2D eigenvalue weighted by molar-refractivity contribution is 0.603.